The van der Waals surface area contributed by atoms with Crippen molar-refractivity contribution in [3.63, 3.8) is 0 Å². The summed E-state index contributed by atoms with van der Waals surface area (Å²) in [4.78, 5) is 19.9. The molecule has 8 heteroatoms. The minimum Gasteiger partial charge on any atom is -0.493 e. The molecule has 0 N–H and O–H groups in total. The van der Waals surface area contributed by atoms with Crippen molar-refractivity contribution in [1.82, 2.24) is 19.7 Å². The molecule has 1 fully saturated rings. The summed E-state index contributed by atoms with van der Waals surface area (Å²) in [6.07, 6.45) is 4.39. The lowest BCUT2D eigenvalue weighted by Gasteiger charge is -2.24. The Kier molecular flexibility index (Phi) is 7.70. The molecule has 2 aromatic heterocycles. The zero-order valence-electron chi connectivity index (χ0n) is 22.0. The highest BCUT2D eigenvalue weighted by atomic mass is 16.6. The Balaban J connectivity index is 1.42. The van der Waals surface area contributed by atoms with Gasteiger partial charge in [0.2, 0.25) is 0 Å². The third kappa shape index (κ3) is 5.86. The van der Waals surface area contributed by atoms with E-state index in [9.17, 15) is 4.79 Å². The molecule has 1 atom stereocenters. The quantitative estimate of drug-likeness (QED) is 0.317. The number of methoxy groups -OCH3 is 1. The maximum absolute atomic E-state index is 13.9. The third-order valence-corrected chi connectivity index (χ3v) is 6.51. The van der Waals surface area contributed by atoms with Crippen molar-refractivity contribution in [3.8, 4) is 17.2 Å². The number of nitrogens with zero attached hydrogens (tertiary/aromatic N) is 4. The number of rotatable bonds is 9. The zero-order chi connectivity index (χ0) is 26.5. The minimum atomic E-state index is -0.0837. The Morgan fingerprint density at radius 1 is 1.05 bits per heavy atom. The van der Waals surface area contributed by atoms with Crippen LogP contribution in [0.1, 0.15) is 39.3 Å². The van der Waals surface area contributed by atoms with Gasteiger partial charge in [0, 0.05) is 43.2 Å². The van der Waals surface area contributed by atoms with Gasteiger partial charge in [-0.05, 0) is 67.4 Å². The topological polar surface area (TPSA) is 78.7 Å². The van der Waals surface area contributed by atoms with Crippen molar-refractivity contribution in [3.05, 3.63) is 101 Å². The van der Waals surface area contributed by atoms with Gasteiger partial charge in [-0.25, -0.2) is 4.68 Å². The average molecular weight is 513 g/mol. The first kappa shape index (κ1) is 25.5. The molecule has 4 aromatic rings. The Hall–Kier alpha value is -4.17. The van der Waals surface area contributed by atoms with E-state index in [4.69, 9.17) is 14.2 Å². The molecule has 1 aliphatic heterocycles. The summed E-state index contributed by atoms with van der Waals surface area (Å²) in [5.41, 5.74) is 5.26. The molecule has 0 aliphatic carbocycles. The molecular weight excluding hydrogens is 480 g/mol. The van der Waals surface area contributed by atoms with Crippen LogP contribution in [0.5, 0.6) is 11.5 Å². The molecule has 1 amide bonds. The van der Waals surface area contributed by atoms with Gasteiger partial charge in [0.05, 0.1) is 31.7 Å². The van der Waals surface area contributed by atoms with Gasteiger partial charge in [0.1, 0.15) is 6.10 Å². The molecule has 0 bridgehead atoms. The Morgan fingerprint density at radius 3 is 2.63 bits per heavy atom. The number of ether oxygens (including phenoxy) is 3. The Bertz CT molecular complexity index is 1400. The maximum Gasteiger partial charge on any atom is 0.254 e. The van der Waals surface area contributed by atoms with E-state index in [0.29, 0.717) is 43.4 Å². The van der Waals surface area contributed by atoms with Gasteiger partial charge in [0.15, 0.2) is 11.5 Å². The first-order valence-electron chi connectivity index (χ1n) is 12.7. The Labute approximate surface area is 222 Å². The highest BCUT2D eigenvalue weighted by Crippen LogP contribution is 2.31. The summed E-state index contributed by atoms with van der Waals surface area (Å²) >= 11 is 0. The van der Waals surface area contributed by atoms with Crippen LogP contribution in [0, 0.1) is 13.8 Å². The molecule has 5 rings (SSSR count). The SMILES string of the molecule is COc1cc(CN(Cc2cccnc2)C(=O)c2cccc(-n3nc(C)cc3C)c2)ccc1O[C@@H]1CCOC1. The van der Waals surface area contributed by atoms with Crippen molar-refractivity contribution in [2.45, 2.75) is 39.5 Å². The van der Waals surface area contributed by atoms with Crippen LogP contribution in [-0.2, 0) is 17.8 Å². The van der Waals surface area contributed by atoms with Crippen LogP contribution in [0.3, 0.4) is 0 Å². The average Bonchev–Trinajstić information content (AvgIpc) is 3.58. The number of carbonyl (C=O) groups excluding carboxylic acids is 1. The maximum atomic E-state index is 13.9. The summed E-state index contributed by atoms with van der Waals surface area (Å²) in [6.45, 7) is 6.05. The lowest BCUT2D eigenvalue weighted by Crippen LogP contribution is -2.30. The highest BCUT2D eigenvalue weighted by Gasteiger charge is 2.21. The van der Waals surface area contributed by atoms with Crippen LogP contribution in [0.2, 0.25) is 0 Å². The van der Waals surface area contributed by atoms with Gasteiger partial charge in [0.25, 0.3) is 5.91 Å². The van der Waals surface area contributed by atoms with E-state index in [1.807, 2.05) is 84.1 Å². The number of carbonyl (C=O) groups is 1. The summed E-state index contributed by atoms with van der Waals surface area (Å²) in [5.74, 6) is 1.23. The molecule has 1 saturated heterocycles. The molecule has 0 spiro atoms. The first-order valence-corrected chi connectivity index (χ1v) is 12.7. The number of hydrogen-bond acceptors (Lipinski definition) is 6. The molecule has 0 saturated carbocycles. The highest BCUT2D eigenvalue weighted by molar-refractivity contribution is 5.94. The van der Waals surface area contributed by atoms with E-state index in [1.54, 1.807) is 19.5 Å². The smallest absolute Gasteiger partial charge is 0.254 e. The monoisotopic (exact) mass is 512 g/mol. The molecule has 0 radical (unpaired) electrons. The fourth-order valence-corrected chi connectivity index (χ4v) is 4.67. The fraction of sp³-hybridized carbons (Fsp3) is 0.300. The molecule has 196 valence electrons. The normalized spacial score (nSPS) is 14.9. The van der Waals surface area contributed by atoms with Crippen molar-refractivity contribution < 1.29 is 19.0 Å². The largest absolute Gasteiger partial charge is 0.493 e. The van der Waals surface area contributed by atoms with E-state index >= 15 is 0 Å². The van der Waals surface area contributed by atoms with Crippen LogP contribution in [0.25, 0.3) is 5.69 Å². The fourth-order valence-electron chi connectivity index (χ4n) is 4.67. The summed E-state index contributed by atoms with van der Waals surface area (Å²) < 4.78 is 19.0. The lowest BCUT2D eigenvalue weighted by atomic mass is 10.1. The van der Waals surface area contributed by atoms with E-state index in [1.165, 1.54) is 0 Å². The number of pyridine rings is 1. The van der Waals surface area contributed by atoms with Gasteiger partial charge >= 0.3 is 0 Å². The lowest BCUT2D eigenvalue weighted by molar-refractivity contribution is 0.0729. The van der Waals surface area contributed by atoms with Crippen molar-refractivity contribution in [1.29, 1.82) is 0 Å². The third-order valence-electron chi connectivity index (χ3n) is 6.51. The second-order valence-electron chi connectivity index (χ2n) is 9.50. The van der Waals surface area contributed by atoms with Crippen molar-refractivity contribution in [2.24, 2.45) is 0 Å². The van der Waals surface area contributed by atoms with Crippen molar-refractivity contribution >= 4 is 5.91 Å². The van der Waals surface area contributed by atoms with Crippen LogP contribution in [0.15, 0.2) is 73.1 Å². The van der Waals surface area contributed by atoms with Crippen LogP contribution in [-0.4, -0.2) is 52.0 Å². The molecule has 3 heterocycles. The van der Waals surface area contributed by atoms with Gasteiger partial charge in [-0.3, -0.25) is 9.78 Å². The second kappa shape index (κ2) is 11.5. The second-order valence-corrected chi connectivity index (χ2v) is 9.50. The van der Waals surface area contributed by atoms with Crippen molar-refractivity contribution in [2.75, 3.05) is 20.3 Å². The van der Waals surface area contributed by atoms with Gasteiger partial charge in [-0.2, -0.15) is 5.10 Å². The number of amides is 1. The van der Waals surface area contributed by atoms with Crippen LogP contribution < -0.4 is 9.47 Å². The summed E-state index contributed by atoms with van der Waals surface area (Å²) in [6, 6.07) is 19.3. The number of benzene rings is 2. The van der Waals surface area contributed by atoms with E-state index in [0.717, 1.165) is 34.6 Å². The predicted molar refractivity (Wildman–Crippen MR) is 144 cm³/mol. The first-order chi connectivity index (χ1) is 18.5. The number of aromatic nitrogens is 3. The van der Waals surface area contributed by atoms with Gasteiger partial charge in [-0.1, -0.05) is 18.2 Å². The summed E-state index contributed by atoms with van der Waals surface area (Å²) in [7, 11) is 1.63. The van der Waals surface area contributed by atoms with Crippen LogP contribution in [0.4, 0.5) is 0 Å². The molecule has 38 heavy (non-hydrogen) atoms. The van der Waals surface area contributed by atoms with Gasteiger partial charge in [-0.15, -0.1) is 0 Å². The van der Waals surface area contributed by atoms with E-state index in [-0.39, 0.29) is 12.0 Å². The predicted octanol–water partition coefficient (Wildman–Crippen LogP) is 4.90. The molecule has 0 unspecified atom stereocenters. The molecular formula is C30H32N4O4. The molecule has 2 aromatic carbocycles. The standard InChI is InChI=1S/C30H32N4O4/c1-21-14-22(2)34(32-21)26-8-4-7-25(16-26)30(35)33(19-24-6-5-12-31-17-24)18-23-9-10-28(29(15-23)36-3)38-27-11-13-37-20-27/h4-10,12,14-17,27H,11,13,18-20H2,1-3H3/t27-/m1/s1. The zero-order valence-corrected chi connectivity index (χ0v) is 22.0. The number of hydrogen-bond donors (Lipinski definition) is 0. The molecule has 8 nitrogen and oxygen atoms in total. The minimum absolute atomic E-state index is 0.0212. The Morgan fingerprint density at radius 2 is 1.92 bits per heavy atom. The van der Waals surface area contributed by atoms with E-state index in [2.05, 4.69) is 10.1 Å². The van der Waals surface area contributed by atoms with Crippen LogP contribution >= 0.6 is 0 Å². The van der Waals surface area contributed by atoms with E-state index < -0.39 is 0 Å². The summed E-state index contributed by atoms with van der Waals surface area (Å²) in [5, 5.41) is 4.58. The number of aryl methyl sites for hydroxylation is 2. The van der Waals surface area contributed by atoms with Gasteiger partial charge < -0.3 is 19.1 Å². The molecule has 1 aliphatic rings.